The lowest BCUT2D eigenvalue weighted by atomic mass is 10.1. The summed E-state index contributed by atoms with van der Waals surface area (Å²) in [4.78, 5) is 16.2. The van der Waals surface area contributed by atoms with Crippen LogP contribution in [0.25, 0.3) is 0 Å². The zero-order valence-corrected chi connectivity index (χ0v) is 12.6. The van der Waals surface area contributed by atoms with Gasteiger partial charge in [-0.25, -0.2) is 4.39 Å². The normalized spacial score (nSPS) is 17.3. The molecular weight excluding hydrogens is 293 g/mol. The van der Waals surface area contributed by atoms with Gasteiger partial charge in [0.15, 0.2) is 0 Å². The Morgan fingerprint density at radius 1 is 1.43 bits per heavy atom. The molecule has 6 heteroatoms. The zero-order valence-electron chi connectivity index (χ0n) is 11.9. The van der Waals surface area contributed by atoms with E-state index in [1.54, 1.807) is 4.90 Å². The van der Waals surface area contributed by atoms with Crippen LogP contribution in [0.4, 0.5) is 4.39 Å². The van der Waals surface area contributed by atoms with E-state index in [-0.39, 0.29) is 17.0 Å². The topological polar surface area (TPSA) is 47.3 Å². The molecule has 112 valence electrons. The third-order valence-corrected chi connectivity index (χ3v) is 4.05. The Kier molecular flexibility index (Phi) is 5.16. The quantitative estimate of drug-likeness (QED) is 0.862. The van der Waals surface area contributed by atoms with Crippen molar-refractivity contribution in [1.29, 1.82) is 5.26 Å². The highest BCUT2D eigenvalue weighted by Gasteiger charge is 2.26. The molecule has 1 fully saturated rings. The molecule has 1 amide bonds. The first-order valence-corrected chi connectivity index (χ1v) is 7.32. The van der Waals surface area contributed by atoms with Gasteiger partial charge in [-0.15, -0.1) is 0 Å². The van der Waals surface area contributed by atoms with Crippen LogP contribution in [0.1, 0.15) is 23.7 Å². The van der Waals surface area contributed by atoms with E-state index in [1.165, 1.54) is 12.1 Å². The number of hydrogen-bond donors (Lipinski definition) is 0. The van der Waals surface area contributed by atoms with Gasteiger partial charge in [-0.1, -0.05) is 18.5 Å². The van der Waals surface area contributed by atoms with Gasteiger partial charge < -0.3 is 4.90 Å². The standard InChI is InChI=1S/C15H17ClFN3O/c1-2-12(10-18)19-5-7-20(8-6-19)15(21)13-4-3-11(17)9-14(13)16/h3-4,9,12H,2,5-8H2,1H3. The molecule has 0 aliphatic carbocycles. The van der Waals surface area contributed by atoms with Gasteiger partial charge in [0.2, 0.25) is 0 Å². The van der Waals surface area contributed by atoms with E-state index >= 15 is 0 Å². The molecule has 1 aromatic carbocycles. The molecule has 4 nitrogen and oxygen atoms in total. The van der Waals surface area contributed by atoms with Crippen molar-refractivity contribution in [2.24, 2.45) is 0 Å². The lowest BCUT2D eigenvalue weighted by Crippen LogP contribution is -2.51. The molecule has 1 saturated heterocycles. The number of nitrogens with zero attached hydrogens (tertiary/aromatic N) is 3. The molecule has 0 bridgehead atoms. The Bertz CT molecular complexity index is 565. The van der Waals surface area contributed by atoms with Crippen molar-refractivity contribution >= 4 is 17.5 Å². The van der Waals surface area contributed by atoms with E-state index in [0.717, 1.165) is 12.5 Å². The first kappa shape index (κ1) is 15.7. The molecule has 1 aliphatic heterocycles. The fourth-order valence-electron chi connectivity index (χ4n) is 2.50. The summed E-state index contributed by atoms with van der Waals surface area (Å²) < 4.78 is 13.0. The van der Waals surface area contributed by atoms with Gasteiger partial charge in [-0.05, 0) is 24.6 Å². The summed E-state index contributed by atoms with van der Waals surface area (Å²) in [5, 5.41) is 9.20. The van der Waals surface area contributed by atoms with Gasteiger partial charge in [-0.3, -0.25) is 9.69 Å². The van der Waals surface area contributed by atoms with E-state index in [1.807, 2.05) is 6.92 Å². The molecule has 0 spiro atoms. The van der Waals surface area contributed by atoms with Crippen molar-refractivity contribution in [3.05, 3.63) is 34.6 Å². The minimum absolute atomic E-state index is 0.100. The van der Waals surface area contributed by atoms with Crippen molar-refractivity contribution in [1.82, 2.24) is 9.80 Å². The van der Waals surface area contributed by atoms with E-state index in [9.17, 15) is 9.18 Å². The second-order valence-corrected chi connectivity index (χ2v) is 5.41. The number of carbonyl (C=O) groups is 1. The maximum Gasteiger partial charge on any atom is 0.255 e. The lowest BCUT2D eigenvalue weighted by Gasteiger charge is -2.36. The molecule has 1 heterocycles. The minimum Gasteiger partial charge on any atom is -0.336 e. The fourth-order valence-corrected chi connectivity index (χ4v) is 2.75. The van der Waals surface area contributed by atoms with Crippen LogP contribution in [-0.4, -0.2) is 47.9 Å². The molecule has 0 saturated carbocycles. The number of carbonyl (C=O) groups excluding carboxylic acids is 1. The average molecular weight is 310 g/mol. The Morgan fingerprint density at radius 3 is 2.62 bits per heavy atom. The second kappa shape index (κ2) is 6.88. The third-order valence-electron chi connectivity index (χ3n) is 3.74. The van der Waals surface area contributed by atoms with E-state index in [4.69, 9.17) is 16.9 Å². The SMILES string of the molecule is CCC(C#N)N1CCN(C(=O)c2ccc(F)cc2Cl)CC1. The van der Waals surface area contributed by atoms with E-state index in [0.29, 0.717) is 31.7 Å². The second-order valence-electron chi connectivity index (χ2n) is 5.01. The van der Waals surface area contributed by atoms with Crippen molar-refractivity contribution in [3.8, 4) is 6.07 Å². The molecular formula is C15H17ClFN3O. The van der Waals surface area contributed by atoms with Crippen LogP contribution in [0, 0.1) is 17.1 Å². The molecule has 1 unspecified atom stereocenters. The van der Waals surface area contributed by atoms with Gasteiger partial charge in [-0.2, -0.15) is 5.26 Å². The highest BCUT2D eigenvalue weighted by atomic mass is 35.5. The lowest BCUT2D eigenvalue weighted by molar-refractivity contribution is 0.0604. The molecule has 1 atom stereocenters. The van der Waals surface area contributed by atoms with Crippen molar-refractivity contribution < 1.29 is 9.18 Å². The summed E-state index contributed by atoms with van der Waals surface area (Å²) in [6.07, 6.45) is 0.772. The van der Waals surface area contributed by atoms with Crippen LogP contribution >= 0.6 is 11.6 Å². The van der Waals surface area contributed by atoms with Gasteiger partial charge in [0.1, 0.15) is 5.82 Å². The number of rotatable bonds is 3. The number of piperazine rings is 1. The van der Waals surface area contributed by atoms with Crippen LogP contribution in [0.15, 0.2) is 18.2 Å². The first-order chi connectivity index (χ1) is 10.1. The van der Waals surface area contributed by atoms with E-state index < -0.39 is 5.82 Å². The summed E-state index contributed by atoms with van der Waals surface area (Å²) in [5.41, 5.74) is 0.318. The van der Waals surface area contributed by atoms with Gasteiger partial charge in [0.05, 0.1) is 22.7 Å². The average Bonchev–Trinajstić information content (AvgIpc) is 2.48. The van der Waals surface area contributed by atoms with E-state index in [2.05, 4.69) is 11.0 Å². The Balaban J connectivity index is 2.02. The minimum atomic E-state index is -0.457. The van der Waals surface area contributed by atoms with Crippen molar-refractivity contribution in [2.45, 2.75) is 19.4 Å². The maximum absolute atomic E-state index is 13.0. The number of benzene rings is 1. The van der Waals surface area contributed by atoms with Crippen LogP contribution in [-0.2, 0) is 0 Å². The predicted molar refractivity (Wildman–Crippen MR) is 78.6 cm³/mol. The summed E-state index contributed by atoms with van der Waals surface area (Å²) in [5.74, 6) is -0.647. The molecule has 2 rings (SSSR count). The number of halogens is 2. The zero-order chi connectivity index (χ0) is 15.4. The monoisotopic (exact) mass is 309 g/mol. The fraction of sp³-hybridized carbons (Fsp3) is 0.467. The van der Waals surface area contributed by atoms with Crippen LogP contribution in [0.3, 0.4) is 0 Å². The summed E-state index contributed by atoms with van der Waals surface area (Å²) in [6.45, 7) is 4.40. The molecule has 0 radical (unpaired) electrons. The van der Waals surface area contributed by atoms with Crippen LogP contribution in [0.2, 0.25) is 5.02 Å². The van der Waals surface area contributed by atoms with Crippen LogP contribution in [0.5, 0.6) is 0 Å². The molecule has 1 aliphatic rings. The Labute approximate surface area is 128 Å². The first-order valence-electron chi connectivity index (χ1n) is 6.94. The van der Waals surface area contributed by atoms with Crippen LogP contribution < -0.4 is 0 Å². The molecule has 21 heavy (non-hydrogen) atoms. The molecule has 0 aromatic heterocycles. The van der Waals surface area contributed by atoms with Gasteiger partial charge >= 0.3 is 0 Å². The Morgan fingerprint density at radius 2 is 2.10 bits per heavy atom. The predicted octanol–water partition coefficient (Wildman–Crippen LogP) is 2.54. The van der Waals surface area contributed by atoms with Crippen molar-refractivity contribution in [3.63, 3.8) is 0 Å². The van der Waals surface area contributed by atoms with Crippen molar-refractivity contribution in [2.75, 3.05) is 26.2 Å². The largest absolute Gasteiger partial charge is 0.336 e. The number of hydrogen-bond acceptors (Lipinski definition) is 3. The third kappa shape index (κ3) is 3.52. The summed E-state index contributed by atoms with van der Waals surface area (Å²) >= 11 is 5.93. The highest BCUT2D eigenvalue weighted by molar-refractivity contribution is 6.33. The summed E-state index contributed by atoms with van der Waals surface area (Å²) in [7, 11) is 0. The molecule has 1 aromatic rings. The maximum atomic E-state index is 13.0. The smallest absolute Gasteiger partial charge is 0.255 e. The summed E-state index contributed by atoms with van der Waals surface area (Å²) in [6, 6.07) is 5.97. The number of amides is 1. The van der Waals surface area contributed by atoms with Gasteiger partial charge in [0, 0.05) is 26.2 Å². The molecule has 0 N–H and O–H groups in total. The highest BCUT2D eigenvalue weighted by Crippen LogP contribution is 2.20. The Hall–Kier alpha value is -1.64. The van der Waals surface area contributed by atoms with Gasteiger partial charge in [0.25, 0.3) is 5.91 Å². The number of nitriles is 1.